The van der Waals surface area contributed by atoms with Crippen LogP contribution in [0.25, 0.3) is 0 Å². The molecular formula is C26H34FNO9. The Labute approximate surface area is 214 Å². The number of hydrogen-bond acceptors (Lipinski definition) is 9. The van der Waals surface area contributed by atoms with Crippen molar-refractivity contribution in [2.75, 3.05) is 13.3 Å². The van der Waals surface area contributed by atoms with Crippen LogP contribution in [0.2, 0.25) is 0 Å². The Bertz CT molecular complexity index is 962. The van der Waals surface area contributed by atoms with Crippen molar-refractivity contribution in [3.8, 4) is 11.5 Å². The fourth-order valence-electron chi connectivity index (χ4n) is 3.86. The van der Waals surface area contributed by atoms with Gasteiger partial charge < -0.3 is 45.1 Å². The number of benzene rings is 2. The van der Waals surface area contributed by atoms with Gasteiger partial charge in [0.25, 0.3) is 0 Å². The molecule has 37 heavy (non-hydrogen) atoms. The Balaban J connectivity index is 1.60. The Morgan fingerprint density at radius 3 is 2.27 bits per heavy atom. The van der Waals surface area contributed by atoms with Crippen LogP contribution in [0, 0.1) is 0 Å². The van der Waals surface area contributed by atoms with Gasteiger partial charge in [-0.2, -0.15) is 0 Å². The van der Waals surface area contributed by atoms with Crippen molar-refractivity contribution in [1.82, 2.24) is 5.32 Å². The number of amides is 1. The number of carbonyl (C=O) groups is 1. The minimum absolute atomic E-state index is 0.0472. The molecule has 2 aromatic rings. The van der Waals surface area contributed by atoms with Gasteiger partial charge in [-0.05, 0) is 36.2 Å². The van der Waals surface area contributed by atoms with Gasteiger partial charge in [0.2, 0.25) is 5.91 Å². The van der Waals surface area contributed by atoms with Crippen LogP contribution in [-0.2, 0) is 20.7 Å². The van der Waals surface area contributed by atoms with Gasteiger partial charge in [0.05, 0.1) is 25.2 Å². The fraction of sp³-hybridized carbons (Fsp3) is 0.500. The first kappa shape index (κ1) is 28.9. The molecule has 2 unspecified atom stereocenters. The maximum atomic E-state index is 13.1. The number of nitrogens with one attached hydrogen (secondary N) is 1. The molecular weight excluding hydrogens is 489 g/mol. The van der Waals surface area contributed by atoms with E-state index in [2.05, 4.69) is 5.32 Å². The molecule has 0 aliphatic carbocycles. The molecule has 8 atom stereocenters. The summed E-state index contributed by atoms with van der Waals surface area (Å²) in [5, 5.41) is 53.1. The van der Waals surface area contributed by atoms with Crippen LogP contribution in [0.3, 0.4) is 0 Å². The molecule has 3 rings (SSSR count). The summed E-state index contributed by atoms with van der Waals surface area (Å²) in [4.78, 5) is 12.7. The number of carbonyl (C=O) groups excluding carboxylic acids is 1. The van der Waals surface area contributed by atoms with Gasteiger partial charge in [-0.1, -0.05) is 37.3 Å². The van der Waals surface area contributed by atoms with Crippen molar-refractivity contribution in [3.63, 3.8) is 0 Å². The van der Waals surface area contributed by atoms with Crippen LogP contribution in [0.1, 0.15) is 18.9 Å². The zero-order valence-electron chi connectivity index (χ0n) is 20.4. The summed E-state index contributed by atoms with van der Waals surface area (Å²) in [5.74, 6) is 0.786. The highest BCUT2D eigenvalue weighted by Crippen LogP contribution is 2.24. The lowest BCUT2D eigenvalue weighted by Gasteiger charge is -2.40. The first-order valence-corrected chi connectivity index (χ1v) is 12.1. The van der Waals surface area contributed by atoms with Gasteiger partial charge in [0.1, 0.15) is 48.7 Å². The van der Waals surface area contributed by atoms with Crippen molar-refractivity contribution in [2.24, 2.45) is 0 Å². The fourth-order valence-corrected chi connectivity index (χ4v) is 3.86. The number of halogens is 1. The predicted octanol–water partition coefficient (Wildman–Crippen LogP) is 0.432. The maximum absolute atomic E-state index is 13.1. The third-order valence-electron chi connectivity index (χ3n) is 6.10. The third-order valence-corrected chi connectivity index (χ3v) is 6.10. The highest BCUT2D eigenvalue weighted by Gasteiger charge is 2.44. The van der Waals surface area contributed by atoms with Gasteiger partial charge in [0.15, 0.2) is 6.29 Å². The Hall–Kier alpha value is -2.64. The summed E-state index contributed by atoms with van der Waals surface area (Å²) in [6, 6.07) is 15.0. The number of alkyl halides is 1. The topological polar surface area (TPSA) is 158 Å². The van der Waals surface area contributed by atoms with E-state index < -0.39 is 68.1 Å². The summed E-state index contributed by atoms with van der Waals surface area (Å²) >= 11 is 0. The summed E-state index contributed by atoms with van der Waals surface area (Å²) in [6.45, 7) is 0.0823. The molecule has 0 aromatic heterocycles. The zero-order chi connectivity index (χ0) is 26.9. The van der Waals surface area contributed by atoms with Crippen molar-refractivity contribution >= 4 is 5.91 Å². The van der Waals surface area contributed by atoms with E-state index in [1.165, 1.54) is 0 Å². The first-order valence-electron chi connectivity index (χ1n) is 12.1. The molecule has 1 fully saturated rings. The Kier molecular flexibility index (Phi) is 10.8. The van der Waals surface area contributed by atoms with Crippen LogP contribution in [-0.4, -0.2) is 93.7 Å². The van der Waals surface area contributed by atoms with Gasteiger partial charge >= 0.3 is 0 Å². The Morgan fingerprint density at radius 1 is 1.00 bits per heavy atom. The lowest BCUT2D eigenvalue weighted by Crippen LogP contribution is -2.60. The largest absolute Gasteiger partial charge is 0.457 e. The van der Waals surface area contributed by atoms with Crippen molar-refractivity contribution in [3.05, 3.63) is 60.2 Å². The smallest absolute Gasteiger partial charge is 0.224 e. The minimum atomic E-state index is -1.72. The second-order valence-electron chi connectivity index (χ2n) is 8.88. The maximum Gasteiger partial charge on any atom is 0.224 e. The molecule has 0 radical (unpaired) electrons. The summed E-state index contributed by atoms with van der Waals surface area (Å²) in [7, 11) is 0. The van der Waals surface area contributed by atoms with E-state index in [-0.39, 0.29) is 12.8 Å². The molecule has 10 nitrogen and oxygen atoms in total. The molecule has 11 heteroatoms. The van der Waals surface area contributed by atoms with Gasteiger partial charge in [-0.15, -0.1) is 0 Å². The average molecular weight is 524 g/mol. The first-order chi connectivity index (χ1) is 17.7. The molecule has 1 amide bonds. The van der Waals surface area contributed by atoms with Crippen LogP contribution >= 0.6 is 0 Å². The van der Waals surface area contributed by atoms with Crippen molar-refractivity contribution in [1.29, 1.82) is 0 Å². The number of hydrogen-bond donors (Lipinski definition) is 6. The van der Waals surface area contributed by atoms with Crippen LogP contribution < -0.4 is 10.1 Å². The van der Waals surface area contributed by atoms with Gasteiger partial charge in [-0.3, -0.25) is 4.79 Å². The molecule has 2 aromatic carbocycles. The molecule has 6 N–H and O–H groups in total. The number of rotatable bonds is 12. The molecule has 0 spiro atoms. The van der Waals surface area contributed by atoms with E-state index in [0.717, 1.165) is 0 Å². The van der Waals surface area contributed by atoms with Crippen LogP contribution in [0.15, 0.2) is 54.6 Å². The van der Waals surface area contributed by atoms with Gasteiger partial charge in [0, 0.05) is 0 Å². The SMILES string of the molecule is CC[C@@H](O)[C@@H](O)[C@H](CO[C@H]1OC(CF)[C@@H](O)C(O)[C@@H]1O)NC(=O)Cc1ccc(Oc2ccccc2)cc1. The number of ether oxygens (including phenoxy) is 3. The highest BCUT2D eigenvalue weighted by atomic mass is 19.1. The Morgan fingerprint density at radius 2 is 1.65 bits per heavy atom. The molecule has 0 bridgehead atoms. The molecule has 1 aliphatic heterocycles. The molecule has 0 saturated carbocycles. The normalized spacial score (nSPS) is 26.2. The van der Waals surface area contributed by atoms with E-state index in [4.69, 9.17) is 14.2 Å². The molecule has 1 aliphatic rings. The summed E-state index contributed by atoms with van der Waals surface area (Å²) in [6.07, 6.45) is -10.5. The van der Waals surface area contributed by atoms with Crippen LogP contribution in [0.4, 0.5) is 4.39 Å². The minimum Gasteiger partial charge on any atom is -0.457 e. The standard InChI is InChI=1S/C26H34FNO9/c1-2-19(29)22(31)18(14-35-26-25(34)24(33)23(32)20(13-27)37-26)28-21(30)12-15-8-10-17(11-9-15)36-16-6-4-3-5-7-16/h3-11,18-20,22-26,29,31-34H,2,12-14H2,1H3,(H,28,30)/t18-,19+,20?,22-,23+,24?,25-,26-/m0/s1. The predicted molar refractivity (Wildman–Crippen MR) is 130 cm³/mol. The number of aliphatic hydroxyl groups is 5. The lowest BCUT2D eigenvalue weighted by atomic mass is 9.99. The van der Waals surface area contributed by atoms with E-state index in [0.29, 0.717) is 17.1 Å². The number of aliphatic hydroxyl groups excluding tert-OH is 5. The molecule has 1 heterocycles. The number of para-hydroxylation sites is 1. The molecule has 1 saturated heterocycles. The zero-order valence-corrected chi connectivity index (χ0v) is 20.4. The van der Waals surface area contributed by atoms with E-state index in [1.54, 1.807) is 31.2 Å². The van der Waals surface area contributed by atoms with E-state index >= 15 is 0 Å². The summed E-state index contributed by atoms with van der Waals surface area (Å²) in [5.41, 5.74) is 0.664. The van der Waals surface area contributed by atoms with Crippen molar-refractivity contribution < 1.29 is 48.9 Å². The second kappa shape index (κ2) is 13.8. The quantitative estimate of drug-likeness (QED) is 0.232. The van der Waals surface area contributed by atoms with Crippen molar-refractivity contribution in [2.45, 2.75) is 68.7 Å². The molecule has 204 valence electrons. The third kappa shape index (κ3) is 7.92. The highest BCUT2D eigenvalue weighted by molar-refractivity contribution is 5.79. The summed E-state index contributed by atoms with van der Waals surface area (Å²) < 4.78 is 29.5. The van der Waals surface area contributed by atoms with Crippen LogP contribution in [0.5, 0.6) is 11.5 Å². The average Bonchev–Trinajstić information content (AvgIpc) is 2.91. The van der Waals surface area contributed by atoms with E-state index in [9.17, 15) is 34.7 Å². The second-order valence-corrected chi connectivity index (χ2v) is 8.88. The van der Waals surface area contributed by atoms with Gasteiger partial charge in [-0.25, -0.2) is 4.39 Å². The monoisotopic (exact) mass is 523 g/mol. The van der Waals surface area contributed by atoms with E-state index in [1.807, 2.05) is 30.3 Å². The lowest BCUT2D eigenvalue weighted by molar-refractivity contribution is -0.300.